The molecule has 1 saturated heterocycles. The smallest absolute Gasteiger partial charge is 0.243 e. The number of H-pyrrole nitrogens is 2. The van der Waals surface area contributed by atoms with Crippen LogP contribution in [0.5, 0.6) is 0 Å². The Hall–Kier alpha value is -11.9. The minimum Gasteiger partial charge on any atom is -0.370 e. The summed E-state index contributed by atoms with van der Waals surface area (Å²) in [6, 6.07) is -10.1. The number of nitrogens with zero attached hydrogens (tertiary/aromatic N) is 1. The Bertz CT molecular complexity index is 3910. The number of fused-ring (bicyclic) bond motifs is 1. The third-order valence-electron chi connectivity index (χ3n) is 17.8. The van der Waals surface area contributed by atoms with Crippen molar-refractivity contribution in [3.8, 4) is 0 Å². The van der Waals surface area contributed by atoms with Crippen LogP contribution in [0.1, 0.15) is 137 Å². The topological polar surface area (TPSA) is 686 Å². The van der Waals surface area contributed by atoms with Gasteiger partial charge in [-0.05, 0) is 99.7 Å². The number of carbonyl (C=O) groups is 18. The third kappa shape index (κ3) is 33.5. The SMILES string of the molecule is CSCC[C@H](NC(=O)[C@H](CC(C)C)NC(=O)[C@H](Cc1cnc[nH]1)NC(=O)CNC(=O)C(NC(=O)[C@H](C)NC(=O)[C@H](Cc1c[nH]c2ccccc12)NC(=O)[C@H](CCC(N)=O)NC(=O)[C@H](CC(N)=O)NC(=O)CNC(=O)[C@H](CC(C)C)NC(=O)[C@H](CCCNC(=N)N)NC(=O)[C@H](CCC(N)=O)NC(=O)[C@@H]1CCC(=O)N1)C(C)C)C(N)=O. The number of amides is 18. The fourth-order valence-electron chi connectivity index (χ4n) is 11.8. The van der Waals surface area contributed by atoms with Gasteiger partial charge in [0.2, 0.25) is 106 Å². The molecule has 1 aromatic carbocycles. The number of hydrogen-bond acceptors (Lipinski definition) is 21. The molecule has 114 heavy (non-hydrogen) atoms. The zero-order chi connectivity index (χ0) is 85.1. The van der Waals surface area contributed by atoms with Gasteiger partial charge >= 0.3 is 0 Å². The van der Waals surface area contributed by atoms with Crippen LogP contribution in [-0.2, 0) is 99.1 Å². The van der Waals surface area contributed by atoms with E-state index >= 15 is 0 Å². The second-order valence-electron chi connectivity index (χ2n) is 28.7. The zero-order valence-electron chi connectivity index (χ0n) is 65.0. The Labute approximate surface area is 661 Å². The van der Waals surface area contributed by atoms with Crippen LogP contribution in [0.3, 0.4) is 0 Å². The summed E-state index contributed by atoms with van der Waals surface area (Å²) in [6.45, 7) is 9.82. The summed E-state index contributed by atoms with van der Waals surface area (Å²) in [4.78, 5) is 252. The molecule has 43 heteroatoms. The molecule has 42 nitrogen and oxygen atoms in total. The summed E-state index contributed by atoms with van der Waals surface area (Å²) in [5.74, 6) is -17.3. The minimum atomic E-state index is -1.89. The number of rotatable bonds is 51. The number of guanidine groups is 1. The van der Waals surface area contributed by atoms with E-state index in [4.69, 9.17) is 34.1 Å². The van der Waals surface area contributed by atoms with Crippen molar-refractivity contribution in [2.24, 2.45) is 46.4 Å². The van der Waals surface area contributed by atoms with E-state index in [-0.39, 0.29) is 89.0 Å². The first-order chi connectivity index (χ1) is 53.7. The number of aromatic amines is 2. The van der Waals surface area contributed by atoms with E-state index in [1.807, 2.05) is 20.1 Å². The highest BCUT2D eigenvalue weighted by atomic mass is 32.2. The standard InChI is InChI=1S/C71H110N24O18S/c1-34(2)24-47(92-62(105)43(14-11-22-79-71(76)77)89-64(107)45(15-18-52(72)96)90-63(106)44-17-20-55(99)85-44)61(104)81-31-56(100)87-51(28-54(74)98)69(112)91-46(16-19-53(73)97)65(108)94-49(26-38-29-80-41-13-10-9-12-40(38)41)66(109)84-37(7)60(103)95-58(36(5)6)70(113)82-32-57(101)86-50(27-39-30-78-33-83-39)68(111)93-48(25-35(3)4)67(110)88-42(59(75)102)21-23-114-8/h9-10,12-13,29-30,33-37,42-51,58,80H,11,14-28,31-32H2,1-8H3,(H2,72,96)(H2,73,97)(H2,74,98)(H2,75,102)(H,78,83)(H,81,104)(H,82,113)(H,84,109)(H,85,99)(H,86,101)(H,87,100)(H,88,110)(H,89,107)(H,90,106)(H,91,112)(H,92,105)(H,93,111)(H,94,108)(H,95,103)(H4,76,77,79)/t37-,42-,43-,44-,45-,46-,47-,48-,49-,50-,51-,58?/m0/s1. The summed E-state index contributed by atoms with van der Waals surface area (Å²) in [6.07, 6.45) is 3.35. The molecule has 3 heterocycles. The van der Waals surface area contributed by atoms with E-state index in [1.165, 1.54) is 31.2 Å². The van der Waals surface area contributed by atoms with E-state index < -0.39 is 223 Å². The molecule has 1 aliphatic rings. The predicted molar refractivity (Wildman–Crippen MR) is 414 cm³/mol. The first kappa shape index (κ1) is 94.4. The Morgan fingerprint density at radius 2 is 1.03 bits per heavy atom. The first-order valence-electron chi connectivity index (χ1n) is 37.2. The second kappa shape index (κ2) is 47.4. The highest BCUT2D eigenvalue weighted by Crippen LogP contribution is 2.21. The van der Waals surface area contributed by atoms with E-state index in [1.54, 1.807) is 58.2 Å². The van der Waals surface area contributed by atoms with Gasteiger partial charge in [0.05, 0.1) is 25.8 Å². The van der Waals surface area contributed by atoms with Gasteiger partial charge in [-0.15, -0.1) is 0 Å². The van der Waals surface area contributed by atoms with Gasteiger partial charge in [-0.3, -0.25) is 91.7 Å². The Kier molecular flexibility index (Phi) is 39.3. The van der Waals surface area contributed by atoms with Gasteiger partial charge in [-0.25, -0.2) is 4.98 Å². The van der Waals surface area contributed by atoms with Crippen LogP contribution in [0.25, 0.3) is 10.9 Å². The van der Waals surface area contributed by atoms with Crippen LogP contribution in [0.4, 0.5) is 0 Å². The van der Waals surface area contributed by atoms with Gasteiger partial charge < -0.3 is 118 Å². The predicted octanol–water partition coefficient (Wildman–Crippen LogP) is -6.80. The lowest BCUT2D eigenvalue weighted by Crippen LogP contribution is -2.60. The number of benzene rings is 1. The van der Waals surface area contributed by atoms with E-state index in [0.29, 0.717) is 27.9 Å². The van der Waals surface area contributed by atoms with Crippen LogP contribution in [0, 0.1) is 23.2 Å². The van der Waals surface area contributed by atoms with Gasteiger partial charge in [0.1, 0.15) is 72.5 Å². The first-order valence-corrected chi connectivity index (χ1v) is 38.5. The maximum Gasteiger partial charge on any atom is 0.243 e. The molecule has 3 aromatic rings. The number of thioether (sulfide) groups is 1. The average molecular weight is 1620 g/mol. The molecule has 0 bridgehead atoms. The van der Waals surface area contributed by atoms with E-state index in [2.05, 4.69) is 94.7 Å². The van der Waals surface area contributed by atoms with Crippen molar-refractivity contribution >= 4 is 135 Å². The van der Waals surface area contributed by atoms with Crippen molar-refractivity contribution in [3.63, 3.8) is 0 Å². The van der Waals surface area contributed by atoms with Crippen molar-refractivity contribution in [3.05, 3.63) is 54.2 Å². The summed E-state index contributed by atoms with van der Waals surface area (Å²) in [5, 5.41) is 45.7. The molecule has 1 aliphatic heterocycles. The number of hydrogen-bond donors (Lipinski definition) is 23. The molecule has 1 unspecified atom stereocenters. The van der Waals surface area contributed by atoms with Gasteiger partial charge in [-0.1, -0.05) is 59.7 Å². The number of imidazole rings is 1. The number of aromatic nitrogens is 3. The maximum atomic E-state index is 14.6. The number of primary amides is 4. The lowest BCUT2D eigenvalue weighted by Gasteiger charge is -2.27. The van der Waals surface area contributed by atoms with Crippen molar-refractivity contribution < 1.29 is 86.3 Å². The highest BCUT2D eigenvalue weighted by Gasteiger charge is 2.38. The van der Waals surface area contributed by atoms with Crippen molar-refractivity contribution in [2.75, 3.05) is 31.6 Å². The van der Waals surface area contributed by atoms with Crippen LogP contribution in [0.15, 0.2) is 43.0 Å². The summed E-state index contributed by atoms with van der Waals surface area (Å²) in [5.41, 5.74) is 28.9. The van der Waals surface area contributed by atoms with Crippen LogP contribution in [-0.4, -0.2) is 231 Å². The molecule has 0 radical (unpaired) electrons. The Balaban J connectivity index is 1.51. The molecule has 0 aliphatic carbocycles. The molecule has 0 saturated carbocycles. The van der Waals surface area contributed by atoms with Crippen molar-refractivity contribution in [1.29, 1.82) is 5.41 Å². The van der Waals surface area contributed by atoms with Crippen molar-refractivity contribution in [2.45, 2.75) is 211 Å². The molecular formula is C71H110N24O18S. The van der Waals surface area contributed by atoms with Crippen molar-refractivity contribution in [1.82, 2.24) is 94.7 Å². The summed E-state index contributed by atoms with van der Waals surface area (Å²) >= 11 is 1.44. The number of nitrogens with two attached hydrogens (primary N) is 5. The fraction of sp³-hybridized carbons (Fsp3) is 0.577. The fourth-order valence-corrected chi connectivity index (χ4v) is 12.2. The molecule has 2 aromatic heterocycles. The lowest BCUT2D eigenvalue weighted by atomic mass is 10.0. The molecule has 0 spiro atoms. The highest BCUT2D eigenvalue weighted by molar-refractivity contribution is 7.98. The number of para-hydroxylation sites is 1. The van der Waals surface area contributed by atoms with Gasteiger partial charge in [-0.2, -0.15) is 11.8 Å². The van der Waals surface area contributed by atoms with Crippen LogP contribution in [0.2, 0.25) is 0 Å². The second-order valence-corrected chi connectivity index (χ2v) is 29.7. The lowest BCUT2D eigenvalue weighted by molar-refractivity contribution is -0.136. The monoisotopic (exact) mass is 1620 g/mol. The molecule has 28 N–H and O–H groups in total. The quantitative estimate of drug-likeness (QED) is 0.0142. The molecule has 12 atom stereocenters. The minimum absolute atomic E-state index is 0.0381. The van der Waals surface area contributed by atoms with Crippen LogP contribution >= 0.6 is 11.8 Å². The van der Waals surface area contributed by atoms with Gasteiger partial charge in [0.25, 0.3) is 0 Å². The summed E-state index contributed by atoms with van der Waals surface area (Å²) in [7, 11) is 0. The summed E-state index contributed by atoms with van der Waals surface area (Å²) < 4.78 is 0. The Morgan fingerprint density at radius 1 is 0.526 bits per heavy atom. The molecule has 628 valence electrons. The van der Waals surface area contributed by atoms with Gasteiger partial charge in [0, 0.05) is 67.6 Å². The number of carbonyl (C=O) groups excluding carboxylic acids is 18. The molecule has 18 amide bonds. The van der Waals surface area contributed by atoms with Crippen LogP contribution < -0.4 is 108 Å². The van der Waals surface area contributed by atoms with E-state index in [0.717, 1.165) is 0 Å². The Morgan fingerprint density at radius 3 is 1.55 bits per heavy atom. The molecule has 1 fully saturated rings. The molecule has 4 rings (SSSR count). The number of nitrogens with one attached hydrogen (secondary N) is 18. The normalized spacial score (nSPS) is 15.3. The largest absolute Gasteiger partial charge is 0.370 e. The average Bonchev–Trinajstić information content (AvgIpc) is 1.64. The van der Waals surface area contributed by atoms with Gasteiger partial charge in [0.15, 0.2) is 5.96 Å². The molecular weight excluding hydrogens is 1510 g/mol. The third-order valence-corrected chi connectivity index (χ3v) is 18.4. The van der Waals surface area contributed by atoms with E-state index in [9.17, 15) is 86.3 Å². The zero-order valence-corrected chi connectivity index (χ0v) is 65.8. The maximum absolute atomic E-state index is 14.6.